The van der Waals surface area contributed by atoms with Crippen LogP contribution in [0.3, 0.4) is 0 Å². The largest absolute Gasteiger partial charge is 0.478 e. The van der Waals surface area contributed by atoms with Crippen LogP contribution in [0.4, 0.5) is 15.8 Å². The lowest BCUT2D eigenvalue weighted by Gasteiger charge is -2.32. The Morgan fingerprint density at radius 3 is 2.30 bits per heavy atom. The van der Waals surface area contributed by atoms with Crippen LogP contribution in [0.5, 0.6) is 0 Å². The molecule has 1 saturated heterocycles. The van der Waals surface area contributed by atoms with Gasteiger partial charge in [0.05, 0.1) is 23.4 Å². The first-order chi connectivity index (χ1) is 19.2. The van der Waals surface area contributed by atoms with E-state index in [9.17, 15) is 23.6 Å². The van der Waals surface area contributed by atoms with Gasteiger partial charge in [0, 0.05) is 18.7 Å². The Morgan fingerprint density at radius 2 is 1.68 bits per heavy atom. The summed E-state index contributed by atoms with van der Waals surface area (Å²) in [4.78, 5) is 55.5. The van der Waals surface area contributed by atoms with Crippen LogP contribution in [-0.2, 0) is 20.7 Å². The Kier molecular flexibility index (Phi) is 9.28. The molecule has 1 aliphatic rings. The number of aromatic carboxylic acids is 1. The summed E-state index contributed by atoms with van der Waals surface area (Å²) in [5, 5.41) is 11.3. The molecule has 0 spiro atoms. The number of halogens is 1. The van der Waals surface area contributed by atoms with Crippen LogP contribution in [-0.4, -0.2) is 57.3 Å². The van der Waals surface area contributed by atoms with E-state index in [1.165, 1.54) is 41.3 Å². The summed E-state index contributed by atoms with van der Waals surface area (Å²) in [5.74, 6) is -2.62. The molecule has 0 aromatic heterocycles. The summed E-state index contributed by atoms with van der Waals surface area (Å²) >= 11 is 1.13. The number of rotatable bonds is 9. The predicted molar refractivity (Wildman–Crippen MR) is 149 cm³/mol. The second-order valence-corrected chi connectivity index (χ2v) is 9.94. The minimum atomic E-state index is -1.08. The topological polar surface area (TPSA) is 125 Å². The van der Waals surface area contributed by atoms with E-state index >= 15 is 0 Å². The number of carboxylic acids is 1. The van der Waals surface area contributed by atoms with Crippen molar-refractivity contribution in [2.24, 2.45) is 4.99 Å². The molecule has 2 amide bonds. The second-order valence-electron chi connectivity index (χ2n) is 8.77. The lowest BCUT2D eigenvalue weighted by atomic mass is 10.1. The van der Waals surface area contributed by atoms with Gasteiger partial charge in [-0.2, -0.15) is 0 Å². The Morgan fingerprint density at radius 1 is 1.02 bits per heavy atom. The molecule has 0 radical (unpaired) electrons. The molecule has 1 fully saturated rings. The van der Waals surface area contributed by atoms with E-state index in [1.807, 2.05) is 0 Å². The fraction of sp³-hybridized carbons (Fsp3) is 0.207. The first-order valence-electron chi connectivity index (χ1n) is 12.4. The zero-order valence-electron chi connectivity index (χ0n) is 21.5. The summed E-state index contributed by atoms with van der Waals surface area (Å²) in [5.41, 5.74) is 2.15. The molecule has 1 heterocycles. The molecule has 1 atom stereocenters. The molecule has 206 valence electrons. The van der Waals surface area contributed by atoms with Gasteiger partial charge in [0.15, 0.2) is 5.17 Å². The van der Waals surface area contributed by atoms with Crippen LogP contribution in [0.25, 0.3) is 0 Å². The van der Waals surface area contributed by atoms with E-state index in [1.54, 1.807) is 43.3 Å². The normalized spacial score (nSPS) is 16.1. The number of carboxylic acid groups (broad SMARTS) is 1. The fourth-order valence-electron chi connectivity index (χ4n) is 3.87. The number of carbonyl (C=O) groups is 4. The van der Waals surface area contributed by atoms with E-state index < -0.39 is 23.1 Å². The van der Waals surface area contributed by atoms with Crippen LogP contribution in [0.15, 0.2) is 77.8 Å². The maximum Gasteiger partial charge on any atom is 0.338 e. The van der Waals surface area contributed by atoms with Crippen LogP contribution in [0, 0.1) is 5.82 Å². The van der Waals surface area contributed by atoms with Gasteiger partial charge in [-0.1, -0.05) is 23.9 Å². The van der Waals surface area contributed by atoms with Crippen LogP contribution >= 0.6 is 11.8 Å². The van der Waals surface area contributed by atoms with Crippen molar-refractivity contribution in [1.82, 2.24) is 4.90 Å². The number of amides is 2. The molecule has 1 aliphatic heterocycles. The zero-order chi connectivity index (χ0) is 28.6. The van der Waals surface area contributed by atoms with Gasteiger partial charge in [-0.25, -0.2) is 19.0 Å². The maximum atomic E-state index is 13.3. The predicted octanol–water partition coefficient (Wildman–Crippen LogP) is 4.90. The number of carbonyl (C=O) groups excluding carboxylic acids is 3. The fourth-order valence-corrected chi connectivity index (χ4v) is 4.99. The first kappa shape index (κ1) is 28.5. The number of thioether (sulfide) groups is 1. The molecule has 0 saturated carbocycles. The van der Waals surface area contributed by atoms with Gasteiger partial charge in [0.25, 0.3) is 0 Å². The third-order valence-electron chi connectivity index (χ3n) is 5.97. The smallest absolute Gasteiger partial charge is 0.338 e. The molecule has 0 unspecified atom stereocenters. The number of benzene rings is 3. The Balaban J connectivity index is 1.55. The lowest BCUT2D eigenvalue weighted by Crippen LogP contribution is -2.46. The highest BCUT2D eigenvalue weighted by molar-refractivity contribution is 8.15. The summed E-state index contributed by atoms with van der Waals surface area (Å²) in [6.07, 6.45) is 0.369. The number of hydrogen-bond acceptors (Lipinski definition) is 7. The van der Waals surface area contributed by atoms with E-state index in [0.717, 1.165) is 17.3 Å². The van der Waals surface area contributed by atoms with Crippen molar-refractivity contribution in [3.8, 4) is 0 Å². The number of amidine groups is 1. The van der Waals surface area contributed by atoms with Gasteiger partial charge in [0.1, 0.15) is 11.1 Å². The monoisotopic (exact) mass is 563 g/mol. The summed E-state index contributed by atoms with van der Waals surface area (Å²) in [7, 11) is 0. The maximum absolute atomic E-state index is 13.3. The summed E-state index contributed by atoms with van der Waals surface area (Å²) in [6.45, 7) is 2.23. The Labute approximate surface area is 234 Å². The number of hydrogen-bond donors (Lipinski definition) is 2. The number of nitrogens with zero attached hydrogens (tertiary/aromatic N) is 2. The molecule has 4 rings (SSSR count). The first-order valence-corrected chi connectivity index (χ1v) is 13.3. The average Bonchev–Trinajstić information content (AvgIpc) is 2.94. The van der Waals surface area contributed by atoms with Crippen molar-refractivity contribution in [2.45, 2.75) is 25.0 Å². The number of anilines is 1. The highest BCUT2D eigenvalue weighted by Crippen LogP contribution is 2.30. The van der Waals surface area contributed by atoms with E-state index in [-0.39, 0.29) is 36.9 Å². The van der Waals surface area contributed by atoms with Crippen molar-refractivity contribution in [1.29, 1.82) is 0 Å². The molecule has 0 bridgehead atoms. The standard InChI is InChI=1S/C29H26FN3O6S/c1-2-39-28(38)20-7-13-23(14-8-20)32-29-33(16-15-18-3-9-21(30)10-4-18)25(34)17-24(40-29)26(35)31-22-11-5-19(6-12-22)27(36)37/h3-14,24H,2,15-17H2,1H3,(H,31,35)(H,36,37)/t24-/m0/s1. The van der Waals surface area contributed by atoms with Crippen molar-refractivity contribution in [3.63, 3.8) is 0 Å². The average molecular weight is 564 g/mol. The van der Waals surface area contributed by atoms with Crippen LogP contribution in [0.2, 0.25) is 0 Å². The van der Waals surface area contributed by atoms with Crippen molar-refractivity contribution < 1.29 is 33.4 Å². The van der Waals surface area contributed by atoms with Crippen molar-refractivity contribution >= 4 is 52.1 Å². The summed E-state index contributed by atoms with van der Waals surface area (Å²) in [6, 6.07) is 18.1. The third-order valence-corrected chi connectivity index (χ3v) is 7.16. The lowest BCUT2D eigenvalue weighted by molar-refractivity contribution is -0.129. The van der Waals surface area contributed by atoms with Gasteiger partial charge in [-0.15, -0.1) is 0 Å². The van der Waals surface area contributed by atoms with Crippen molar-refractivity contribution in [2.75, 3.05) is 18.5 Å². The van der Waals surface area contributed by atoms with E-state index in [2.05, 4.69) is 10.3 Å². The number of esters is 1. The SMILES string of the molecule is CCOC(=O)c1ccc(N=C2S[C@H](C(=O)Nc3ccc(C(=O)O)cc3)CC(=O)N2CCc2ccc(F)cc2)cc1. The van der Waals surface area contributed by atoms with Crippen molar-refractivity contribution in [3.05, 3.63) is 95.3 Å². The third kappa shape index (κ3) is 7.32. The van der Waals surface area contributed by atoms with Gasteiger partial charge >= 0.3 is 11.9 Å². The minimum absolute atomic E-state index is 0.0755. The molecule has 2 N–H and O–H groups in total. The number of ether oxygens (including phenoxy) is 1. The minimum Gasteiger partial charge on any atom is -0.478 e. The quantitative estimate of drug-likeness (QED) is 0.355. The van der Waals surface area contributed by atoms with Gasteiger partial charge < -0.3 is 15.2 Å². The number of nitrogens with one attached hydrogen (secondary N) is 1. The van der Waals surface area contributed by atoms with E-state index in [4.69, 9.17) is 9.84 Å². The molecule has 3 aromatic rings. The molecule has 11 heteroatoms. The molecule has 0 aliphatic carbocycles. The van der Waals surface area contributed by atoms with Gasteiger partial charge in [-0.3, -0.25) is 14.5 Å². The Hall–Kier alpha value is -4.51. The Bertz CT molecular complexity index is 1430. The molecule has 40 heavy (non-hydrogen) atoms. The van der Waals surface area contributed by atoms with Crippen LogP contribution < -0.4 is 5.32 Å². The van der Waals surface area contributed by atoms with E-state index in [0.29, 0.717) is 28.5 Å². The molecule has 3 aromatic carbocycles. The molecule has 9 nitrogen and oxygen atoms in total. The molecular formula is C29H26FN3O6S. The molecular weight excluding hydrogens is 537 g/mol. The number of aliphatic imine (C=N–C) groups is 1. The zero-order valence-corrected chi connectivity index (χ0v) is 22.3. The van der Waals surface area contributed by atoms with Gasteiger partial charge in [0.2, 0.25) is 11.8 Å². The summed E-state index contributed by atoms with van der Waals surface area (Å²) < 4.78 is 18.3. The highest BCUT2D eigenvalue weighted by Gasteiger charge is 2.36. The second kappa shape index (κ2) is 13.0. The van der Waals surface area contributed by atoms with Crippen LogP contribution in [0.1, 0.15) is 39.6 Å². The highest BCUT2D eigenvalue weighted by atomic mass is 32.2. The van der Waals surface area contributed by atoms with Gasteiger partial charge in [-0.05, 0) is 79.6 Å².